The van der Waals surface area contributed by atoms with Crippen molar-refractivity contribution in [1.82, 2.24) is 15.2 Å². The molecule has 3 aromatic carbocycles. The van der Waals surface area contributed by atoms with Crippen LogP contribution in [0.3, 0.4) is 0 Å². The van der Waals surface area contributed by atoms with E-state index in [1.807, 2.05) is 79.0 Å². The van der Waals surface area contributed by atoms with E-state index in [0.29, 0.717) is 38.0 Å². The third kappa shape index (κ3) is 6.61. The molecule has 214 valence electrons. The van der Waals surface area contributed by atoms with Crippen LogP contribution >= 0.6 is 0 Å². The van der Waals surface area contributed by atoms with Gasteiger partial charge in [-0.1, -0.05) is 42.5 Å². The van der Waals surface area contributed by atoms with Crippen LogP contribution in [-0.2, 0) is 24.3 Å². The van der Waals surface area contributed by atoms with Crippen LogP contribution in [0.15, 0.2) is 79.0 Å². The fourth-order valence-corrected chi connectivity index (χ4v) is 5.50. The van der Waals surface area contributed by atoms with E-state index in [2.05, 4.69) is 22.1 Å². The molecule has 1 aliphatic rings. The van der Waals surface area contributed by atoms with E-state index in [9.17, 15) is 14.7 Å². The zero-order valence-corrected chi connectivity index (χ0v) is 23.7. The second kappa shape index (κ2) is 13.0. The molecular formula is C33H38N4O4. The number of methoxy groups -OCH3 is 1. The second-order valence-electron chi connectivity index (χ2n) is 10.5. The van der Waals surface area contributed by atoms with Crippen LogP contribution in [0.25, 0.3) is 10.9 Å². The third-order valence-corrected chi connectivity index (χ3v) is 7.73. The molecule has 2 amide bonds. The number of ether oxygens (including phenoxy) is 1. The number of amides is 2. The van der Waals surface area contributed by atoms with Gasteiger partial charge in [-0.15, -0.1) is 0 Å². The molecule has 0 unspecified atom stereocenters. The Morgan fingerprint density at radius 3 is 2.59 bits per heavy atom. The molecule has 4 aromatic rings. The predicted molar refractivity (Wildman–Crippen MR) is 161 cm³/mol. The number of benzene rings is 3. The van der Waals surface area contributed by atoms with Gasteiger partial charge in [-0.2, -0.15) is 0 Å². The summed E-state index contributed by atoms with van der Waals surface area (Å²) in [4.78, 5) is 28.2. The molecule has 0 spiro atoms. The highest BCUT2D eigenvalue weighted by atomic mass is 16.5. The zero-order chi connectivity index (χ0) is 28.8. The molecule has 3 N–H and O–H groups in total. The zero-order valence-electron chi connectivity index (χ0n) is 23.7. The molecule has 2 heterocycles. The van der Waals surface area contributed by atoms with Crippen LogP contribution in [0.2, 0.25) is 0 Å². The van der Waals surface area contributed by atoms with Crippen molar-refractivity contribution in [1.29, 1.82) is 0 Å². The Hall–Kier alpha value is -4.14. The van der Waals surface area contributed by atoms with Crippen LogP contribution in [0.4, 0.5) is 5.69 Å². The summed E-state index contributed by atoms with van der Waals surface area (Å²) in [6.45, 7) is 4.29. The number of anilines is 1. The van der Waals surface area contributed by atoms with E-state index in [1.165, 1.54) is 0 Å². The molecule has 0 radical (unpaired) electrons. The monoisotopic (exact) mass is 554 g/mol. The number of hydrogen-bond donors (Lipinski definition) is 3. The van der Waals surface area contributed by atoms with Gasteiger partial charge < -0.3 is 29.9 Å². The van der Waals surface area contributed by atoms with Gasteiger partial charge in [0.2, 0.25) is 5.91 Å². The number of nitrogens with one attached hydrogen (secondary N) is 2. The van der Waals surface area contributed by atoms with Gasteiger partial charge in [-0.25, -0.2) is 0 Å². The lowest BCUT2D eigenvalue weighted by Gasteiger charge is -2.25. The normalized spacial score (nSPS) is 14.8. The van der Waals surface area contributed by atoms with Gasteiger partial charge in [-0.05, 0) is 61.2 Å². The molecule has 0 bridgehead atoms. The molecule has 1 fully saturated rings. The molecule has 1 aromatic heterocycles. The van der Waals surface area contributed by atoms with Crippen LogP contribution in [-0.4, -0.2) is 53.8 Å². The Bertz CT molecular complexity index is 1500. The summed E-state index contributed by atoms with van der Waals surface area (Å²) in [7, 11) is 1.64. The van der Waals surface area contributed by atoms with Crippen LogP contribution < -0.4 is 20.3 Å². The number of aliphatic hydroxyl groups excluding tert-OH is 1. The predicted octanol–water partition coefficient (Wildman–Crippen LogP) is 4.29. The maximum Gasteiger partial charge on any atom is 0.251 e. The number of aliphatic hydroxyl groups is 1. The molecular weight excluding hydrogens is 516 g/mol. The SMILES string of the molecule is CCn1ccc2c(N3CCCC3=O)cc(C(=O)N[C@@H](Cc3ccccc3)[C@H](O)CNCc3cccc(OC)c3)cc21. The van der Waals surface area contributed by atoms with E-state index in [0.717, 1.165) is 46.4 Å². The summed E-state index contributed by atoms with van der Waals surface area (Å²) in [5, 5.41) is 18.7. The largest absolute Gasteiger partial charge is 0.497 e. The van der Waals surface area contributed by atoms with Gasteiger partial charge in [0.25, 0.3) is 5.91 Å². The van der Waals surface area contributed by atoms with Gasteiger partial charge >= 0.3 is 0 Å². The number of fused-ring (bicyclic) bond motifs is 1. The Kier molecular flexibility index (Phi) is 9.01. The topological polar surface area (TPSA) is 95.8 Å². The summed E-state index contributed by atoms with van der Waals surface area (Å²) >= 11 is 0. The summed E-state index contributed by atoms with van der Waals surface area (Å²) in [6, 6.07) is 22.8. The molecule has 41 heavy (non-hydrogen) atoms. The number of carbonyl (C=O) groups is 2. The van der Waals surface area contributed by atoms with Crippen LogP contribution in [0.5, 0.6) is 5.75 Å². The summed E-state index contributed by atoms with van der Waals surface area (Å²) < 4.78 is 7.39. The highest BCUT2D eigenvalue weighted by Gasteiger charge is 2.27. The first-order chi connectivity index (χ1) is 20.0. The number of rotatable bonds is 12. The first kappa shape index (κ1) is 28.4. The number of hydrogen-bond acceptors (Lipinski definition) is 5. The lowest BCUT2D eigenvalue weighted by molar-refractivity contribution is -0.117. The van der Waals surface area contributed by atoms with Crippen molar-refractivity contribution >= 4 is 28.4 Å². The molecule has 0 aliphatic carbocycles. The Labute approximate surface area is 240 Å². The Morgan fingerprint density at radius 2 is 1.85 bits per heavy atom. The standard InChI is InChI=1S/C33H38N4O4/c1-3-36-16-14-27-29(36)19-25(20-30(27)37-15-8-13-32(37)39)33(40)35-28(18-23-9-5-4-6-10-23)31(38)22-34-21-24-11-7-12-26(17-24)41-2/h4-7,9-12,14,16-17,19-20,28,31,34,38H,3,8,13,15,18,21-22H2,1-2H3,(H,35,40)/t28-,31+/m0/s1. The van der Waals surface area contributed by atoms with Gasteiger partial charge in [0.15, 0.2) is 0 Å². The lowest BCUT2D eigenvalue weighted by Crippen LogP contribution is -2.48. The first-order valence-corrected chi connectivity index (χ1v) is 14.3. The van der Waals surface area contributed by atoms with Crippen molar-refractivity contribution in [3.63, 3.8) is 0 Å². The van der Waals surface area contributed by atoms with Crippen molar-refractivity contribution in [3.05, 3.63) is 95.7 Å². The fraction of sp³-hybridized carbons (Fsp3) is 0.333. The quantitative estimate of drug-likeness (QED) is 0.243. The summed E-state index contributed by atoms with van der Waals surface area (Å²) in [5.74, 6) is 0.573. The van der Waals surface area contributed by atoms with Gasteiger partial charge in [0, 0.05) is 49.7 Å². The number of nitrogens with zero attached hydrogens (tertiary/aromatic N) is 2. The lowest BCUT2D eigenvalue weighted by atomic mass is 10.00. The van der Waals surface area contributed by atoms with E-state index in [-0.39, 0.29) is 11.8 Å². The minimum atomic E-state index is -0.840. The van der Waals surface area contributed by atoms with Gasteiger partial charge in [-0.3, -0.25) is 9.59 Å². The van der Waals surface area contributed by atoms with E-state index in [4.69, 9.17) is 4.74 Å². The number of aromatic nitrogens is 1. The highest BCUT2D eigenvalue weighted by molar-refractivity contribution is 6.08. The Morgan fingerprint density at radius 1 is 1.05 bits per heavy atom. The molecule has 5 rings (SSSR count). The van der Waals surface area contributed by atoms with Crippen molar-refractivity contribution in [2.24, 2.45) is 0 Å². The van der Waals surface area contributed by atoms with Crippen LogP contribution in [0, 0.1) is 0 Å². The highest BCUT2D eigenvalue weighted by Crippen LogP contribution is 2.32. The smallest absolute Gasteiger partial charge is 0.251 e. The third-order valence-electron chi connectivity index (χ3n) is 7.73. The average Bonchev–Trinajstić information content (AvgIpc) is 3.62. The molecule has 8 nitrogen and oxygen atoms in total. The molecule has 2 atom stereocenters. The van der Waals surface area contributed by atoms with Crippen molar-refractivity contribution in [2.75, 3.05) is 25.1 Å². The maximum atomic E-state index is 13.8. The van der Waals surface area contributed by atoms with Gasteiger partial charge in [0.05, 0.1) is 30.5 Å². The van der Waals surface area contributed by atoms with Crippen molar-refractivity contribution in [3.8, 4) is 5.75 Å². The Balaban J connectivity index is 1.37. The van der Waals surface area contributed by atoms with E-state index in [1.54, 1.807) is 12.0 Å². The maximum absolute atomic E-state index is 13.8. The molecule has 0 saturated carbocycles. The van der Waals surface area contributed by atoms with Crippen LogP contribution in [0.1, 0.15) is 41.3 Å². The number of aryl methyl sites for hydroxylation is 1. The average molecular weight is 555 g/mol. The molecule has 1 aliphatic heterocycles. The van der Waals surface area contributed by atoms with Crippen molar-refractivity contribution in [2.45, 2.75) is 51.4 Å². The van der Waals surface area contributed by atoms with Crippen molar-refractivity contribution < 1.29 is 19.4 Å². The van der Waals surface area contributed by atoms with E-state index < -0.39 is 12.1 Å². The molecule has 8 heteroatoms. The summed E-state index contributed by atoms with van der Waals surface area (Å²) in [6.07, 6.45) is 2.94. The second-order valence-corrected chi connectivity index (χ2v) is 10.5. The number of carbonyl (C=O) groups excluding carboxylic acids is 2. The summed E-state index contributed by atoms with van der Waals surface area (Å²) in [5.41, 5.74) is 4.20. The van der Waals surface area contributed by atoms with Gasteiger partial charge in [0.1, 0.15) is 5.75 Å². The first-order valence-electron chi connectivity index (χ1n) is 14.3. The minimum Gasteiger partial charge on any atom is -0.497 e. The van der Waals surface area contributed by atoms with E-state index >= 15 is 0 Å². The minimum absolute atomic E-state index is 0.0765. The fourth-order valence-electron chi connectivity index (χ4n) is 5.50. The molecule has 1 saturated heterocycles.